The van der Waals surface area contributed by atoms with Crippen molar-refractivity contribution in [3.63, 3.8) is 0 Å². The van der Waals surface area contributed by atoms with Crippen LogP contribution in [0.3, 0.4) is 0 Å². The molecule has 1 aromatic heterocycles. The molecule has 24 heavy (non-hydrogen) atoms. The van der Waals surface area contributed by atoms with Crippen LogP contribution in [0.15, 0.2) is 28.7 Å². The molecule has 7 heteroatoms. The van der Waals surface area contributed by atoms with Crippen molar-refractivity contribution in [2.75, 3.05) is 11.9 Å². The molecule has 1 aliphatic rings. The Labute approximate surface area is 156 Å². The van der Waals surface area contributed by atoms with Crippen molar-refractivity contribution in [3.8, 4) is 11.3 Å². The normalized spacial score (nSPS) is 16.7. The molecule has 2 heterocycles. The van der Waals surface area contributed by atoms with Gasteiger partial charge in [0, 0.05) is 22.5 Å². The third-order valence-corrected chi connectivity index (χ3v) is 4.73. The lowest BCUT2D eigenvalue weighted by molar-refractivity contribution is -0.116. The van der Waals surface area contributed by atoms with Crippen LogP contribution in [0.2, 0.25) is 0 Å². The van der Waals surface area contributed by atoms with E-state index >= 15 is 0 Å². The number of hydrogen-bond acceptors (Lipinski definition) is 3. The first-order chi connectivity index (χ1) is 11.2. The molecule has 0 saturated carbocycles. The zero-order chi connectivity index (χ0) is 16.2. The van der Waals surface area contributed by atoms with E-state index in [0.717, 1.165) is 47.1 Å². The number of H-pyrrole nitrogens is 1. The Balaban J connectivity index is 0.00000208. The second kappa shape index (κ2) is 8.65. The zero-order valence-corrected chi connectivity index (χ0v) is 16.0. The van der Waals surface area contributed by atoms with Gasteiger partial charge < -0.3 is 10.6 Å². The van der Waals surface area contributed by atoms with E-state index in [2.05, 4.69) is 43.7 Å². The monoisotopic (exact) mass is 412 g/mol. The minimum atomic E-state index is 0. The summed E-state index contributed by atoms with van der Waals surface area (Å²) in [5.41, 5.74) is 3.07. The number of aromatic amines is 1. The van der Waals surface area contributed by atoms with Gasteiger partial charge in [0.25, 0.3) is 0 Å². The summed E-state index contributed by atoms with van der Waals surface area (Å²) in [5.74, 6) is 0.668. The molecule has 130 valence electrons. The number of benzene rings is 1. The zero-order valence-electron chi connectivity index (χ0n) is 13.6. The fourth-order valence-electron chi connectivity index (χ4n) is 3.01. The van der Waals surface area contributed by atoms with Gasteiger partial charge in [0.2, 0.25) is 5.91 Å². The Morgan fingerprint density at radius 1 is 1.38 bits per heavy atom. The summed E-state index contributed by atoms with van der Waals surface area (Å²) in [4.78, 5) is 12.2. The number of hydrogen-bond donors (Lipinski definition) is 3. The second-order valence-electron chi connectivity index (χ2n) is 5.83. The van der Waals surface area contributed by atoms with Crippen molar-refractivity contribution in [1.29, 1.82) is 0 Å². The van der Waals surface area contributed by atoms with Gasteiger partial charge in [-0.25, -0.2) is 0 Å². The molecule has 2 aromatic rings. The third kappa shape index (κ3) is 4.37. The number of anilines is 1. The molecule has 1 amide bonds. The molecule has 0 bridgehead atoms. The summed E-state index contributed by atoms with van der Waals surface area (Å²) in [6.07, 6.45) is 3.52. The topological polar surface area (TPSA) is 69.8 Å². The Bertz CT molecular complexity index is 680. The van der Waals surface area contributed by atoms with Crippen molar-refractivity contribution in [2.45, 2.75) is 38.6 Å². The number of halogens is 2. The highest BCUT2D eigenvalue weighted by molar-refractivity contribution is 9.10. The lowest BCUT2D eigenvalue weighted by atomic mass is 10.1. The van der Waals surface area contributed by atoms with Crippen LogP contribution in [0, 0.1) is 0 Å². The van der Waals surface area contributed by atoms with Gasteiger partial charge in [-0.15, -0.1) is 12.4 Å². The maximum Gasteiger partial charge on any atom is 0.227 e. The largest absolute Gasteiger partial charge is 0.313 e. The van der Waals surface area contributed by atoms with Gasteiger partial charge in [-0.2, -0.15) is 5.10 Å². The van der Waals surface area contributed by atoms with E-state index in [0.29, 0.717) is 18.3 Å². The van der Waals surface area contributed by atoms with E-state index in [1.807, 2.05) is 24.3 Å². The summed E-state index contributed by atoms with van der Waals surface area (Å²) in [5, 5.41) is 13.7. The fourth-order valence-corrected chi connectivity index (χ4v) is 3.27. The summed E-state index contributed by atoms with van der Waals surface area (Å²) < 4.78 is 1.04. The molecular formula is C17H22BrClN4O. The van der Waals surface area contributed by atoms with Crippen LogP contribution in [-0.2, 0) is 11.2 Å². The number of carbonyl (C=O) groups is 1. The minimum Gasteiger partial charge on any atom is -0.313 e. The van der Waals surface area contributed by atoms with E-state index in [4.69, 9.17) is 0 Å². The lowest BCUT2D eigenvalue weighted by Crippen LogP contribution is -2.27. The Hall–Kier alpha value is -1.37. The number of aromatic nitrogens is 2. The van der Waals surface area contributed by atoms with Crippen molar-refractivity contribution in [1.82, 2.24) is 15.5 Å². The summed E-state index contributed by atoms with van der Waals surface area (Å²) in [7, 11) is 0. The highest BCUT2D eigenvalue weighted by Crippen LogP contribution is 2.28. The van der Waals surface area contributed by atoms with Crippen molar-refractivity contribution < 1.29 is 4.79 Å². The summed E-state index contributed by atoms with van der Waals surface area (Å²) in [6.45, 7) is 3.08. The highest BCUT2D eigenvalue weighted by Gasteiger charge is 2.20. The van der Waals surface area contributed by atoms with Gasteiger partial charge in [0.1, 0.15) is 0 Å². The van der Waals surface area contributed by atoms with Gasteiger partial charge in [-0.05, 0) is 43.5 Å². The second-order valence-corrected chi connectivity index (χ2v) is 6.75. The molecular weight excluding hydrogens is 392 g/mol. The first-order valence-electron chi connectivity index (χ1n) is 8.03. The molecule has 0 spiro atoms. The number of carbonyl (C=O) groups excluding carboxylic acids is 1. The van der Waals surface area contributed by atoms with Crippen molar-refractivity contribution in [3.05, 3.63) is 34.3 Å². The number of amides is 1. The van der Waals surface area contributed by atoms with E-state index in [-0.39, 0.29) is 18.3 Å². The molecule has 1 atom stereocenters. The molecule has 5 nitrogen and oxygen atoms in total. The van der Waals surface area contributed by atoms with Gasteiger partial charge in [0.15, 0.2) is 5.82 Å². The van der Waals surface area contributed by atoms with E-state index in [1.165, 1.54) is 0 Å². The van der Waals surface area contributed by atoms with Gasteiger partial charge >= 0.3 is 0 Å². The standard InChI is InChI=1S/C17H21BrN4O.ClH/c1-2-14-16(11-5-7-12(18)8-6-11)21-22-17(14)20-15(23)10-13-4-3-9-19-13;/h5-8,13,19H,2-4,9-10H2,1H3,(H2,20,21,22,23);1H. The maximum absolute atomic E-state index is 12.2. The lowest BCUT2D eigenvalue weighted by Gasteiger charge is -2.10. The Kier molecular flexibility index (Phi) is 6.83. The molecule has 0 radical (unpaired) electrons. The van der Waals surface area contributed by atoms with Crippen LogP contribution in [0.25, 0.3) is 11.3 Å². The molecule has 0 aliphatic carbocycles. The van der Waals surface area contributed by atoms with E-state index in [1.54, 1.807) is 0 Å². The van der Waals surface area contributed by atoms with Crippen LogP contribution in [0.5, 0.6) is 0 Å². The van der Waals surface area contributed by atoms with Crippen LogP contribution >= 0.6 is 28.3 Å². The molecule has 3 N–H and O–H groups in total. The third-order valence-electron chi connectivity index (χ3n) is 4.21. The molecule has 1 saturated heterocycles. The van der Waals surface area contributed by atoms with Crippen molar-refractivity contribution >= 4 is 40.1 Å². The van der Waals surface area contributed by atoms with E-state index in [9.17, 15) is 4.79 Å². The van der Waals surface area contributed by atoms with Crippen LogP contribution < -0.4 is 10.6 Å². The van der Waals surface area contributed by atoms with E-state index < -0.39 is 0 Å². The average Bonchev–Trinajstić information content (AvgIpc) is 3.17. The SMILES string of the molecule is CCc1c(NC(=O)CC2CCCN2)n[nH]c1-c1ccc(Br)cc1.Cl. The first-order valence-corrected chi connectivity index (χ1v) is 8.83. The fraction of sp³-hybridized carbons (Fsp3) is 0.412. The number of rotatable bonds is 5. The van der Waals surface area contributed by atoms with Crippen LogP contribution in [0.1, 0.15) is 31.7 Å². The average molecular weight is 414 g/mol. The first kappa shape index (κ1) is 19.0. The summed E-state index contributed by atoms with van der Waals surface area (Å²) in [6, 6.07) is 8.36. The number of nitrogens with zero attached hydrogens (tertiary/aromatic N) is 1. The highest BCUT2D eigenvalue weighted by atomic mass is 79.9. The quantitative estimate of drug-likeness (QED) is 0.696. The van der Waals surface area contributed by atoms with Gasteiger partial charge in [0.05, 0.1) is 5.69 Å². The molecule has 1 fully saturated rings. The minimum absolute atomic E-state index is 0. The molecule has 1 unspecified atom stereocenters. The molecule has 1 aliphatic heterocycles. The Morgan fingerprint density at radius 2 is 2.12 bits per heavy atom. The maximum atomic E-state index is 12.2. The smallest absolute Gasteiger partial charge is 0.227 e. The summed E-state index contributed by atoms with van der Waals surface area (Å²) >= 11 is 3.44. The van der Waals surface area contributed by atoms with Crippen LogP contribution in [0.4, 0.5) is 5.82 Å². The van der Waals surface area contributed by atoms with Crippen LogP contribution in [-0.4, -0.2) is 28.7 Å². The molecule has 1 aromatic carbocycles. The van der Waals surface area contributed by atoms with Gasteiger partial charge in [-0.1, -0.05) is 35.0 Å². The van der Waals surface area contributed by atoms with Crippen molar-refractivity contribution in [2.24, 2.45) is 0 Å². The predicted octanol–water partition coefficient (Wildman–Crippen LogP) is 3.90. The van der Waals surface area contributed by atoms with Gasteiger partial charge in [-0.3, -0.25) is 9.89 Å². The number of nitrogens with one attached hydrogen (secondary N) is 3. The Morgan fingerprint density at radius 3 is 2.75 bits per heavy atom. The predicted molar refractivity (Wildman–Crippen MR) is 103 cm³/mol. The molecule has 3 rings (SSSR count).